The van der Waals surface area contributed by atoms with Gasteiger partial charge in [0.15, 0.2) is 0 Å². The molecule has 11 nitrogen and oxygen atoms in total. The van der Waals surface area contributed by atoms with Gasteiger partial charge >= 0.3 is 0 Å². The number of hydrogen-bond acceptors (Lipinski definition) is 5. The molecule has 2 aliphatic rings. The number of carbonyl (C=O) groups is 5. The lowest BCUT2D eigenvalue weighted by atomic mass is 10.0. The maximum Gasteiger partial charge on any atom is 0.250 e. The van der Waals surface area contributed by atoms with Crippen LogP contribution >= 0.6 is 0 Å². The Labute approximate surface area is 333 Å². The number of likely N-dealkylation sites (tertiary alicyclic amines) is 1. The summed E-state index contributed by atoms with van der Waals surface area (Å²) in [7, 11) is 0. The van der Waals surface area contributed by atoms with E-state index in [9.17, 15) is 24.0 Å². The molecule has 1 saturated heterocycles. The van der Waals surface area contributed by atoms with Gasteiger partial charge in [-0.25, -0.2) is 0 Å². The average molecular weight is 767 g/mol. The number of H-pyrrole nitrogens is 1. The summed E-state index contributed by atoms with van der Waals surface area (Å²) < 4.78 is 0. The quantitative estimate of drug-likeness (QED) is 0.0838. The number of benzene rings is 4. The van der Waals surface area contributed by atoms with E-state index in [1.165, 1.54) is 0 Å². The molecule has 2 fully saturated rings. The van der Waals surface area contributed by atoms with Crippen molar-refractivity contribution in [2.24, 2.45) is 5.92 Å². The molecule has 0 spiro atoms. The molecule has 1 aliphatic carbocycles. The molecule has 2 atom stereocenters. The van der Waals surface area contributed by atoms with Gasteiger partial charge in [0.05, 0.1) is 13.0 Å². The fourth-order valence-corrected chi connectivity index (χ4v) is 7.43. The van der Waals surface area contributed by atoms with Gasteiger partial charge in [0.2, 0.25) is 29.5 Å². The molecule has 0 unspecified atom stereocenters. The van der Waals surface area contributed by atoms with Crippen LogP contribution in [0.5, 0.6) is 0 Å². The average Bonchev–Trinajstić information content (AvgIpc) is 3.70. The zero-order chi connectivity index (χ0) is 39.7. The van der Waals surface area contributed by atoms with E-state index in [1.807, 2.05) is 109 Å². The summed E-state index contributed by atoms with van der Waals surface area (Å²) in [5.74, 6) is -0.623. The topological polar surface area (TPSA) is 144 Å². The number of nitrogens with one attached hydrogen (secondary N) is 4. The van der Waals surface area contributed by atoms with Crippen molar-refractivity contribution in [1.82, 2.24) is 20.1 Å². The lowest BCUT2D eigenvalue weighted by Crippen LogP contribution is -2.48. The second-order valence-electron chi connectivity index (χ2n) is 15.2. The number of hydrogen-bond donors (Lipinski definition) is 4. The number of anilines is 2. The number of unbranched alkanes of at least 4 members (excludes halogenated alkanes) is 1. The van der Waals surface area contributed by atoms with Crippen molar-refractivity contribution in [2.75, 3.05) is 30.3 Å². The van der Waals surface area contributed by atoms with Crippen LogP contribution in [0.4, 0.5) is 11.4 Å². The molecule has 11 heteroatoms. The van der Waals surface area contributed by atoms with Crippen LogP contribution in [0.25, 0.3) is 22.2 Å². The van der Waals surface area contributed by atoms with Crippen molar-refractivity contribution in [2.45, 2.75) is 70.4 Å². The van der Waals surface area contributed by atoms with Gasteiger partial charge in [-0.15, -0.1) is 0 Å². The number of rotatable bonds is 16. The largest absolute Gasteiger partial charge is 0.355 e. The van der Waals surface area contributed by atoms with E-state index in [1.54, 1.807) is 9.80 Å². The monoisotopic (exact) mass is 766 g/mol. The van der Waals surface area contributed by atoms with Crippen LogP contribution in [0.2, 0.25) is 0 Å². The Kier molecular flexibility index (Phi) is 12.4. The van der Waals surface area contributed by atoms with Crippen LogP contribution in [0.1, 0.15) is 69.0 Å². The Morgan fingerprint density at radius 1 is 0.807 bits per heavy atom. The molecule has 5 amide bonds. The third-order valence-corrected chi connectivity index (χ3v) is 10.7. The summed E-state index contributed by atoms with van der Waals surface area (Å²) in [4.78, 5) is 73.3. The maximum absolute atomic E-state index is 14.0. The Balaban J connectivity index is 0.968. The van der Waals surface area contributed by atoms with Gasteiger partial charge in [0.1, 0.15) is 12.1 Å². The van der Waals surface area contributed by atoms with Crippen molar-refractivity contribution >= 4 is 51.8 Å². The molecule has 294 valence electrons. The van der Waals surface area contributed by atoms with Crippen molar-refractivity contribution in [3.8, 4) is 11.3 Å². The molecule has 4 aromatic carbocycles. The van der Waals surface area contributed by atoms with Crippen LogP contribution in [0.3, 0.4) is 0 Å². The van der Waals surface area contributed by atoms with Crippen LogP contribution < -0.4 is 16.0 Å². The zero-order valence-corrected chi connectivity index (χ0v) is 32.3. The molecular formula is C46H50N6O5. The molecule has 4 N–H and O–H groups in total. The highest BCUT2D eigenvalue weighted by molar-refractivity contribution is 6.01. The highest BCUT2D eigenvalue weighted by atomic mass is 16.2. The third-order valence-electron chi connectivity index (χ3n) is 10.7. The van der Waals surface area contributed by atoms with Gasteiger partial charge in [-0.3, -0.25) is 24.0 Å². The Morgan fingerprint density at radius 2 is 1.53 bits per heavy atom. The minimum atomic E-state index is -0.854. The number of amides is 5. The van der Waals surface area contributed by atoms with E-state index in [0.717, 1.165) is 53.4 Å². The molecule has 7 rings (SSSR count). The summed E-state index contributed by atoms with van der Waals surface area (Å²) >= 11 is 0. The van der Waals surface area contributed by atoms with Gasteiger partial charge in [0.25, 0.3) is 0 Å². The van der Waals surface area contributed by atoms with E-state index in [-0.39, 0.29) is 42.5 Å². The number of carbonyl (C=O) groups excluding carboxylic acids is 5. The first-order chi connectivity index (χ1) is 27.7. The van der Waals surface area contributed by atoms with Crippen LogP contribution in [-0.4, -0.2) is 70.0 Å². The predicted octanol–water partition coefficient (Wildman–Crippen LogP) is 7.23. The maximum atomic E-state index is 14.0. The fourth-order valence-electron chi connectivity index (χ4n) is 7.43. The number of aromatic nitrogens is 1. The first-order valence-electron chi connectivity index (χ1n) is 20.0. The summed E-state index contributed by atoms with van der Waals surface area (Å²) in [5.41, 5.74) is 5.53. The zero-order valence-electron chi connectivity index (χ0n) is 32.3. The Morgan fingerprint density at radius 3 is 2.25 bits per heavy atom. The molecule has 1 saturated carbocycles. The van der Waals surface area contributed by atoms with Gasteiger partial charge in [0, 0.05) is 47.5 Å². The van der Waals surface area contributed by atoms with Crippen LogP contribution in [-0.2, 0) is 30.4 Å². The van der Waals surface area contributed by atoms with Crippen LogP contribution in [0, 0.1) is 5.92 Å². The van der Waals surface area contributed by atoms with Crippen molar-refractivity contribution in [3.63, 3.8) is 0 Å². The first kappa shape index (κ1) is 39.0. The first-order valence-corrected chi connectivity index (χ1v) is 20.0. The standard InChI is InChI=1S/C46H50N6O5/c1-2-3-24-51(43(55)27-31-11-6-4-7-12-31)30-42(54)47-36-20-18-33(19-21-36)39-29-35-28-37(22-23-38(35)49-39)48-45(56)40-15-10-25-52(40)46(57)44(34-13-8-5-9-14-34)50-41(53)26-32-16-17-32/h4-9,11-14,18-23,28-29,32,40,44,49H,2-3,10,15-17,24-27,30H2,1H3,(H,47,54)(H,48,56)(H,50,53)/t40-,44+/m0/s1. The lowest BCUT2D eigenvalue weighted by Gasteiger charge is -2.29. The molecule has 5 aromatic rings. The van der Waals surface area contributed by atoms with Gasteiger partial charge in [-0.2, -0.15) is 0 Å². The van der Waals surface area contributed by atoms with Gasteiger partial charge in [-0.1, -0.05) is 86.1 Å². The van der Waals surface area contributed by atoms with E-state index in [2.05, 4.69) is 27.9 Å². The molecule has 0 bridgehead atoms. The van der Waals surface area contributed by atoms with Crippen molar-refractivity contribution < 1.29 is 24.0 Å². The minimum Gasteiger partial charge on any atom is -0.355 e. The second-order valence-corrected chi connectivity index (χ2v) is 15.2. The molecule has 57 heavy (non-hydrogen) atoms. The summed E-state index contributed by atoms with van der Waals surface area (Å²) in [6.45, 7) is 3.00. The minimum absolute atomic E-state index is 0.0177. The highest BCUT2D eigenvalue weighted by Gasteiger charge is 2.39. The molecule has 1 aromatic heterocycles. The Bertz CT molecular complexity index is 2200. The summed E-state index contributed by atoms with van der Waals surface area (Å²) in [5, 5.41) is 9.83. The predicted molar refractivity (Wildman–Crippen MR) is 222 cm³/mol. The lowest BCUT2D eigenvalue weighted by molar-refractivity contribution is -0.140. The SMILES string of the molecule is CCCCN(CC(=O)Nc1ccc(-c2cc3cc(NC(=O)[C@@H]4CCCN4C(=O)[C@H](NC(=O)CC4CC4)c4ccccc4)ccc3[nH]2)cc1)C(=O)Cc1ccccc1. The number of fused-ring (bicyclic) bond motifs is 1. The molecule has 1 aliphatic heterocycles. The van der Waals surface area contributed by atoms with E-state index >= 15 is 0 Å². The van der Waals surface area contributed by atoms with E-state index < -0.39 is 12.1 Å². The van der Waals surface area contributed by atoms with Crippen molar-refractivity contribution in [3.05, 3.63) is 120 Å². The molecular weight excluding hydrogens is 717 g/mol. The fraction of sp³-hybridized carbons (Fsp3) is 0.326. The molecule has 0 radical (unpaired) electrons. The summed E-state index contributed by atoms with van der Waals surface area (Å²) in [6.07, 6.45) is 5.70. The van der Waals surface area contributed by atoms with Gasteiger partial charge in [-0.05, 0) is 91.1 Å². The summed E-state index contributed by atoms with van der Waals surface area (Å²) in [6, 6.07) is 32.4. The third kappa shape index (κ3) is 10.2. The van der Waals surface area contributed by atoms with Gasteiger partial charge < -0.3 is 30.7 Å². The van der Waals surface area contributed by atoms with E-state index in [4.69, 9.17) is 0 Å². The number of nitrogens with zero attached hydrogens (tertiary/aromatic N) is 2. The second kappa shape index (κ2) is 18.1. The molecule has 2 heterocycles. The van der Waals surface area contributed by atoms with Crippen molar-refractivity contribution in [1.29, 1.82) is 0 Å². The van der Waals surface area contributed by atoms with Crippen LogP contribution in [0.15, 0.2) is 109 Å². The Hall–Kier alpha value is -6.23. The number of aromatic amines is 1. The highest BCUT2D eigenvalue weighted by Crippen LogP contribution is 2.33. The van der Waals surface area contributed by atoms with E-state index in [0.29, 0.717) is 55.2 Å². The normalized spacial score (nSPS) is 15.5. The smallest absolute Gasteiger partial charge is 0.250 e.